The van der Waals surface area contributed by atoms with Crippen molar-refractivity contribution in [1.82, 2.24) is 20.5 Å². The molecule has 0 spiro atoms. The standard InChI is InChI=1S/C14H12N4OS/c19-13(15-8-11-6-7-17-18-11)12-9-16-14(20-12)10-4-2-1-3-5-10/h1-7,9H,8H2,(H,15,19)(H,17,18). The number of hydrogen-bond donors (Lipinski definition) is 2. The molecular weight excluding hydrogens is 272 g/mol. The molecule has 2 aromatic heterocycles. The predicted octanol–water partition coefficient (Wildman–Crippen LogP) is 2.46. The number of nitrogens with one attached hydrogen (secondary N) is 2. The van der Waals surface area contributed by atoms with Crippen LogP contribution in [-0.4, -0.2) is 21.1 Å². The van der Waals surface area contributed by atoms with Gasteiger partial charge in [0.2, 0.25) is 0 Å². The summed E-state index contributed by atoms with van der Waals surface area (Å²) in [5, 5.41) is 10.3. The number of thiazole rings is 1. The molecule has 0 bridgehead atoms. The molecule has 0 radical (unpaired) electrons. The molecule has 0 saturated heterocycles. The first-order valence-corrected chi connectivity index (χ1v) is 6.92. The second-order valence-corrected chi connectivity index (χ2v) is 5.19. The van der Waals surface area contributed by atoms with Gasteiger partial charge in [-0.15, -0.1) is 11.3 Å². The number of H-pyrrole nitrogens is 1. The molecule has 1 amide bonds. The van der Waals surface area contributed by atoms with Gasteiger partial charge in [0.15, 0.2) is 0 Å². The summed E-state index contributed by atoms with van der Waals surface area (Å²) in [5.41, 5.74) is 1.89. The molecule has 0 unspecified atom stereocenters. The van der Waals surface area contributed by atoms with E-state index in [0.717, 1.165) is 16.3 Å². The number of aromatic nitrogens is 3. The van der Waals surface area contributed by atoms with Crippen LogP contribution in [0.4, 0.5) is 0 Å². The third-order valence-electron chi connectivity index (χ3n) is 2.75. The van der Waals surface area contributed by atoms with Crippen molar-refractivity contribution in [2.75, 3.05) is 0 Å². The molecule has 0 fully saturated rings. The normalized spacial score (nSPS) is 10.4. The Bertz CT molecular complexity index is 691. The van der Waals surface area contributed by atoms with Crippen molar-refractivity contribution >= 4 is 17.2 Å². The minimum Gasteiger partial charge on any atom is -0.346 e. The Morgan fingerprint density at radius 1 is 1.25 bits per heavy atom. The van der Waals surface area contributed by atoms with Crippen LogP contribution in [0.3, 0.4) is 0 Å². The Morgan fingerprint density at radius 2 is 2.10 bits per heavy atom. The summed E-state index contributed by atoms with van der Waals surface area (Å²) in [4.78, 5) is 16.9. The highest BCUT2D eigenvalue weighted by molar-refractivity contribution is 7.16. The van der Waals surface area contributed by atoms with Gasteiger partial charge in [-0.3, -0.25) is 9.89 Å². The molecule has 2 heterocycles. The van der Waals surface area contributed by atoms with Crippen molar-refractivity contribution in [3.63, 3.8) is 0 Å². The molecule has 0 aliphatic heterocycles. The average Bonchev–Trinajstić information content (AvgIpc) is 3.17. The lowest BCUT2D eigenvalue weighted by molar-refractivity contribution is 0.0954. The smallest absolute Gasteiger partial charge is 0.263 e. The first-order chi connectivity index (χ1) is 9.83. The molecule has 1 aromatic carbocycles. The lowest BCUT2D eigenvalue weighted by Gasteiger charge is -2.00. The quantitative estimate of drug-likeness (QED) is 0.773. The van der Waals surface area contributed by atoms with Gasteiger partial charge in [0.1, 0.15) is 9.88 Å². The number of carbonyl (C=O) groups excluding carboxylic acids is 1. The number of amides is 1. The van der Waals surface area contributed by atoms with Gasteiger partial charge in [-0.05, 0) is 6.07 Å². The lowest BCUT2D eigenvalue weighted by atomic mass is 10.2. The molecule has 6 heteroatoms. The van der Waals surface area contributed by atoms with E-state index in [1.165, 1.54) is 11.3 Å². The second kappa shape index (κ2) is 5.66. The van der Waals surface area contributed by atoms with Crippen LogP contribution >= 0.6 is 11.3 Å². The molecule has 100 valence electrons. The molecule has 2 N–H and O–H groups in total. The van der Waals surface area contributed by atoms with Crippen molar-refractivity contribution in [2.24, 2.45) is 0 Å². The van der Waals surface area contributed by atoms with Gasteiger partial charge in [0, 0.05) is 11.8 Å². The maximum Gasteiger partial charge on any atom is 0.263 e. The van der Waals surface area contributed by atoms with Gasteiger partial charge >= 0.3 is 0 Å². The van der Waals surface area contributed by atoms with Gasteiger partial charge < -0.3 is 5.32 Å². The zero-order chi connectivity index (χ0) is 13.8. The minimum absolute atomic E-state index is 0.126. The van der Waals surface area contributed by atoms with E-state index >= 15 is 0 Å². The van der Waals surface area contributed by atoms with Crippen LogP contribution in [0.5, 0.6) is 0 Å². The number of nitrogens with zero attached hydrogens (tertiary/aromatic N) is 2. The van der Waals surface area contributed by atoms with Crippen LogP contribution in [0.1, 0.15) is 15.4 Å². The fraction of sp³-hybridized carbons (Fsp3) is 0.0714. The van der Waals surface area contributed by atoms with Crippen LogP contribution in [-0.2, 0) is 6.54 Å². The van der Waals surface area contributed by atoms with E-state index in [1.54, 1.807) is 12.4 Å². The predicted molar refractivity (Wildman–Crippen MR) is 77.3 cm³/mol. The van der Waals surface area contributed by atoms with E-state index in [9.17, 15) is 4.79 Å². The van der Waals surface area contributed by atoms with Crippen molar-refractivity contribution in [2.45, 2.75) is 6.54 Å². The lowest BCUT2D eigenvalue weighted by Crippen LogP contribution is -2.21. The van der Waals surface area contributed by atoms with E-state index in [-0.39, 0.29) is 5.91 Å². The van der Waals surface area contributed by atoms with E-state index in [1.807, 2.05) is 36.4 Å². The summed E-state index contributed by atoms with van der Waals surface area (Å²) in [5.74, 6) is -0.126. The number of hydrogen-bond acceptors (Lipinski definition) is 4. The first kappa shape index (κ1) is 12.6. The van der Waals surface area contributed by atoms with Crippen molar-refractivity contribution < 1.29 is 4.79 Å². The summed E-state index contributed by atoms with van der Waals surface area (Å²) in [7, 11) is 0. The van der Waals surface area contributed by atoms with Crippen LogP contribution in [0.2, 0.25) is 0 Å². The monoisotopic (exact) mass is 284 g/mol. The molecule has 0 atom stereocenters. The SMILES string of the molecule is O=C(NCc1ccn[nH]1)c1cnc(-c2ccccc2)s1. The highest BCUT2D eigenvalue weighted by Crippen LogP contribution is 2.24. The molecule has 20 heavy (non-hydrogen) atoms. The molecular formula is C14H12N4OS. The van der Waals surface area contributed by atoms with Crippen molar-refractivity contribution in [3.8, 4) is 10.6 Å². The topological polar surface area (TPSA) is 70.7 Å². The van der Waals surface area contributed by atoms with Gasteiger partial charge in [-0.25, -0.2) is 4.98 Å². The Balaban J connectivity index is 1.69. The van der Waals surface area contributed by atoms with Gasteiger partial charge in [-0.2, -0.15) is 5.10 Å². The third kappa shape index (κ3) is 2.75. The number of carbonyl (C=O) groups is 1. The molecule has 0 saturated carbocycles. The number of benzene rings is 1. The zero-order valence-electron chi connectivity index (χ0n) is 10.5. The van der Waals surface area contributed by atoms with Gasteiger partial charge in [-0.1, -0.05) is 30.3 Å². The maximum absolute atomic E-state index is 12.0. The van der Waals surface area contributed by atoms with E-state index in [4.69, 9.17) is 0 Å². The third-order valence-corrected chi connectivity index (χ3v) is 3.79. The van der Waals surface area contributed by atoms with Crippen LogP contribution in [0.25, 0.3) is 10.6 Å². The van der Waals surface area contributed by atoms with Crippen molar-refractivity contribution in [3.05, 3.63) is 59.4 Å². The van der Waals surface area contributed by atoms with E-state index < -0.39 is 0 Å². The molecule has 3 rings (SSSR count). The summed E-state index contributed by atoms with van der Waals surface area (Å²) >= 11 is 1.38. The Morgan fingerprint density at radius 3 is 2.85 bits per heavy atom. The van der Waals surface area contributed by atoms with Gasteiger partial charge in [0.05, 0.1) is 18.4 Å². The summed E-state index contributed by atoms with van der Waals surface area (Å²) < 4.78 is 0. The zero-order valence-corrected chi connectivity index (χ0v) is 11.4. The highest BCUT2D eigenvalue weighted by atomic mass is 32.1. The summed E-state index contributed by atoms with van der Waals surface area (Å²) in [6.07, 6.45) is 3.26. The van der Waals surface area contributed by atoms with Crippen molar-refractivity contribution in [1.29, 1.82) is 0 Å². The molecule has 3 aromatic rings. The fourth-order valence-electron chi connectivity index (χ4n) is 1.74. The van der Waals surface area contributed by atoms with Gasteiger partial charge in [0.25, 0.3) is 5.91 Å². The minimum atomic E-state index is -0.126. The highest BCUT2D eigenvalue weighted by Gasteiger charge is 2.11. The fourth-order valence-corrected chi connectivity index (χ4v) is 2.58. The maximum atomic E-state index is 12.0. The largest absolute Gasteiger partial charge is 0.346 e. The Hall–Kier alpha value is -2.47. The van der Waals surface area contributed by atoms with Crippen LogP contribution < -0.4 is 5.32 Å². The summed E-state index contributed by atoms with van der Waals surface area (Å²) in [6.45, 7) is 0.428. The van der Waals surface area contributed by atoms with E-state index in [0.29, 0.717) is 11.4 Å². The first-order valence-electron chi connectivity index (χ1n) is 6.10. The Kier molecular flexibility index (Phi) is 3.56. The number of rotatable bonds is 4. The van der Waals surface area contributed by atoms with E-state index in [2.05, 4.69) is 20.5 Å². The van der Waals surface area contributed by atoms with Crippen LogP contribution in [0, 0.1) is 0 Å². The molecule has 0 aliphatic carbocycles. The molecule has 0 aliphatic rings. The second-order valence-electron chi connectivity index (χ2n) is 4.16. The Labute approximate surface area is 119 Å². The molecule has 5 nitrogen and oxygen atoms in total. The summed E-state index contributed by atoms with van der Waals surface area (Å²) in [6, 6.07) is 11.6. The van der Waals surface area contributed by atoms with Crippen LogP contribution in [0.15, 0.2) is 48.8 Å². The number of aromatic amines is 1. The average molecular weight is 284 g/mol.